The van der Waals surface area contributed by atoms with Gasteiger partial charge in [-0.2, -0.15) is 0 Å². The molecule has 0 aliphatic carbocycles. The van der Waals surface area contributed by atoms with E-state index in [0.29, 0.717) is 5.92 Å². The van der Waals surface area contributed by atoms with Gasteiger partial charge in [-0.1, -0.05) is 39.8 Å². The van der Waals surface area contributed by atoms with Crippen LogP contribution in [-0.2, 0) is 15.5 Å². The first kappa shape index (κ1) is 18.5. The van der Waals surface area contributed by atoms with Gasteiger partial charge in [-0.15, -0.1) is 0 Å². The Balaban J connectivity index is 1.94. The molecule has 2 atom stereocenters. The summed E-state index contributed by atoms with van der Waals surface area (Å²) in [7, 11) is -0.653. The van der Waals surface area contributed by atoms with E-state index in [0.717, 1.165) is 36.5 Å². The van der Waals surface area contributed by atoms with Gasteiger partial charge in [0.05, 0.1) is 6.10 Å². The first-order chi connectivity index (χ1) is 11.0. The zero-order valence-electron chi connectivity index (χ0n) is 14.8. The Bertz CT molecular complexity index is 488. The van der Waals surface area contributed by atoms with Crippen molar-refractivity contribution in [1.82, 2.24) is 0 Å². The van der Waals surface area contributed by atoms with Crippen molar-refractivity contribution in [2.75, 3.05) is 11.5 Å². The summed E-state index contributed by atoms with van der Waals surface area (Å²) in [6.45, 7) is 8.66. The lowest BCUT2D eigenvalue weighted by atomic mass is 9.99. The van der Waals surface area contributed by atoms with Gasteiger partial charge in [-0.3, -0.25) is 4.21 Å². The summed E-state index contributed by atoms with van der Waals surface area (Å²) in [5, 5.41) is 0. The fourth-order valence-corrected chi connectivity index (χ4v) is 3.92. The molecule has 0 radical (unpaired) electrons. The Morgan fingerprint density at radius 3 is 2.26 bits per heavy atom. The van der Waals surface area contributed by atoms with Crippen LogP contribution in [0.5, 0.6) is 5.75 Å². The molecular formula is C19H30O3S. The van der Waals surface area contributed by atoms with Crippen LogP contribution in [0.15, 0.2) is 24.3 Å². The van der Waals surface area contributed by atoms with Crippen molar-refractivity contribution in [3.05, 3.63) is 29.8 Å². The van der Waals surface area contributed by atoms with Crippen molar-refractivity contribution in [1.29, 1.82) is 0 Å². The maximum Gasteiger partial charge on any atom is 0.202 e. The van der Waals surface area contributed by atoms with E-state index in [1.165, 1.54) is 5.56 Å². The summed E-state index contributed by atoms with van der Waals surface area (Å²) in [6, 6.07) is 8.36. The van der Waals surface area contributed by atoms with E-state index < -0.39 is 10.8 Å². The van der Waals surface area contributed by atoms with E-state index in [9.17, 15) is 4.21 Å². The SMILES string of the molecule is CCC(C)c1ccc(OC(OC2CCS(=O)CC2)C(C)C)cc1. The van der Waals surface area contributed by atoms with Crippen LogP contribution in [0, 0.1) is 5.92 Å². The van der Waals surface area contributed by atoms with Crippen molar-refractivity contribution in [2.24, 2.45) is 5.92 Å². The number of ether oxygens (including phenoxy) is 2. The first-order valence-electron chi connectivity index (χ1n) is 8.76. The van der Waals surface area contributed by atoms with Crippen molar-refractivity contribution < 1.29 is 13.7 Å². The molecule has 2 unspecified atom stereocenters. The van der Waals surface area contributed by atoms with Gasteiger partial charge >= 0.3 is 0 Å². The predicted octanol–water partition coefficient (Wildman–Crippen LogP) is 4.49. The maximum absolute atomic E-state index is 11.5. The second-order valence-electron chi connectivity index (χ2n) is 6.79. The second kappa shape index (κ2) is 8.84. The monoisotopic (exact) mass is 338 g/mol. The highest BCUT2D eigenvalue weighted by molar-refractivity contribution is 7.85. The molecule has 1 fully saturated rings. The van der Waals surface area contributed by atoms with Gasteiger partial charge in [0.25, 0.3) is 0 Å². The number of rotatable bonds is 7. The summed E-state index contributed by atoms with van der Waals surface area (Å²) in [4.78, 5) is 0. The minimum Gasteiger partial charge on any atom is -0.465 e. The summed E-state index contributed by atoms with van der Waals surface area (Å²) >= 11 is 0. The third-order valence-corrected chi connectivity index (χ3v) is 5.90. The molecule has 1 aromatic rings. The predicted molar refractivity (Wildman–Crippen MR) is 96.4 cm³/mol. The fourth-order valence-electron chi connectivity index (χ4n) is 2.66. The zero-order chi connectivity index (χ0) is 16.8. The van der Waals surface area contributed by atoms with E-state index in [2.05, 4.69) is 39.8 Å². The maximum atomic E-state index is 11.5. The van der Waals surface area contributed by atoms with Gasteiger partial charge in [0.2, 0.25) is 6.29 Å². The van der Waals surface area contributed by atoms with Crippen LogP contribution >= 0.6 is 0 Å². The van der Waals surface area contributed by atoms with Gasteiger partial charge in [0, 0.05) is 28.2 Å². The normalized spacial score (nSPS) is 24.4. The van der Waals surface area contributed by atoms with Crippen molar-refractivity contribution in [3.8, 4) is 5.75 Å². The number of hydrogen-bond acceptors (Lipinski definition) is 3. The zero-order valence-corrected chi connectivity index (χ0v) is 15.6. The van der Waals surface area contributed by atoms with Crippen LogP contribution in [0.25, 0.3) is 0 Å². The molecule has 0 saturated carbocycles. The number of hydrogen-bond donors (Lipinski definition) is 0. The molecule has 130 valence electrons. The molecule has 0 N–H and O–H groups in total. The van der Waals surface area contributed by atoms with Gasteiger partial charge in [0.1, 0.15) is 5.75 Å². The van der Waals surface area contributed by atoms with Crippen LogP contribution in [-0.4, -0.2) is 28.1 Å². The Hall–Kier alpha value is -0.870. The molecule has 1 aromatic carbocycles. The average Bonchev–Trinajstić information content (AvgIpc) is 2.56. The molecule has 0 aromatic heterocycles. The molecular weight excluding hydrogens is 308 g/mol. The Kier molecular flexibility index (Phi) is 7.09. The molecule has 1 aliphatic rings. The van der Waals surface area contributed by atoms with E-state index in [4.69, 9.17) is 9.47 Å². The van der Waals surface area contributed by atoms with Crippen LogP contribution in [0.1, 0.15) is 58.4 Å². The van der Waals surface area contributed by atoms with E-state index in [1.807, 2.05) is 12.1 Å². The standard InChI is InChI=1S/C19H30O3S/c1-5-15(4)16-6-8-17(9-7-16)21-19(14(2)3)22-18-10-12-23(20)13-11-18/h6-9,14-15,18-19H,5,10-13H2,1-4H3. The number of benzene rings is 1. The summed E-state index contributed by atoms with van der Waals surface area (Å²) in [6.07, 6.45) is 2.79. The van der Waals surface area contributed by atoms with Crippen molar-refractivity contribution in [2.45, 2.75) is 65.3 Å². The van der Waals surface area contributed by atoms with E-state index in [-0.39, 0.29) is 18.3 Å². The van der Waals surface area contributed by atoms with Crippen LogP contribution < -0.4 is 4.74 Å². The quantitative estimate of drug-likeness (QED) is 0.687. The van der Waals surface area contributed by atoms with Gasteiger partial charge in [0.15, 0.2) is 0 Å². The van der Waals surface area contributed by atoms with Gasteiger partial charge in [-0.25, -0.2) is 0 Å². The minimum atomic E-state index is -0.653. The molecule has 3 nitrogen and oxygen atoms in total. The molecule has 0 spiro atoms. The average molecular weight is 339 g/mol. The second-order valence-corrected chi connectivity index (χ2v) is 8.49. The fraction of sp³-hybridized carbons (Fsp3) is 0.684. The molecule has 2 rings (SSSR count). The van der Waals surface area contributed by atoms with E-state index in [1.54, 1.807) is 0 Å². The lowest BCUT2D eigenvalue weighted by molar-refractivity contribution is -0.144. The molecule has 23 heavy (non-hydrogen) atoms. The highest BCUT2D eigenvalue weighted by atomic mass is 32.2. The Morgan fingerprint density at radius 2 is 1.74 bits per heavy atom. The summed E-state index contributed by atoms with van der Waals surface area (Å²) < 4.78 is 23.7. The third kappa shape index (κ3) is 5.61. The van der Waals surface area contributed by atoms with Gasteiger partial charge in [-0.05, 0) is 42.9 Å². The van der Waals surface area contributed by atoms with E-state index >= 15 is 0 Å². The largest absolute Gasteiger partial charge is 0.465 e. The van der Waals surface area contributed by atoms with Crippen molar-refractivity contribution >= 4 is 10.8 Å². The summed E-state index contributed by atoms with van der Waals surface area (Å²) in [5.74, 6) is 3.20. The summed E-state index contributed by atoms with van der Waals surface area (Å²) in [5.41, 5.74) is 1.34. The lowest BCUT2D eigenvalue weighted by Gasteiger charge is -2.30. The molecule has 1 heterocycles. The first-order valence-corrected chi connectivity index (χ1v) is 10.3. The molecule has 1 saturated heterocycles. The molecule has 1 aliphatic heterocycles. The highest BCUT2D eigenvalue weighted by Gasteiger charge is 2.25. The smallest absolute Gasteiger partial charge is 0.202 e. The minimum absolute atomic E-state index is 0.166. The molecule has 0 bridgehead atoms. The Labute approximate surface area is 143 Å². The third-order valence-electron chi connectivity index (χ3n) is 4.52. The van der Waals surface area contributed by atoms with Crippen molar-refractivity contribution in [3.63, 3.8) is 0 Å². The molecule has 0 amide bonds. The van der Waals surface area contributed by atoms with Crippen LogP contribution in [0.4, 0.5) is 0 Å². The topological polar surface area (TPSA) is 35.5 Å². The highest BCUT2D eigenvalue weighted by Crippen LogP contribution is 2.25. The lowest BCUT2D eigenvalue weighted by Crippen LogP contribution is -2.35. The Morgan fingerprint density at radius 1 is 1.13 bits per heavy atom. The van der Waals surface area contributed by atoms with Gasteiger partial charge < -0.3 is 9.47 Å². The molecule has 4 heteroatoms. The van der Waals surface area contributed by atoms with Crippen LogP contribution in [0.3, 0.4) is 0 Å². The van der Waals surface area contributed by atoms with Crippen LogP contribution in [0.2, 0.25) is 0 Å².